The van der Waals surface area contributed by atoms with E-state index in [1.165, 1.54) is 17.3 Å². The van der Waals surface area contributed by atoms with Crippen LogP contribution in [-0.4, -0.2) is 32.3 Å². The lowest BCUT2D eigenvalue weighted by Gasteiger charge is -2.16. The number of benzene rings is 2. The number of carbonyl (C=O) groups is 2. The first-order valence-electron chi connectivity index (χ1n) is 10.3. The highest BCUT2D eigenvalue weighted by Gasteiger charge is 2.20. The third-order valence-electron chi connectivity index (χ3n) is 5.02. The summed E-state index contributed by atoms with van der Waals surface area (Å²) in [5.74, 6) is 0.704. The molecule has 1 heterocycles. The molecule has 3 aromatic rings. The lowest BCUT2D eigenvalue weighted by atomic mass is 10.1. The molecule has 0 radical (unpaired) electrons. The Bertz CT molecular complexity index is 1130. The Hall–Kier alpha value is -3.33. The third kappa shape index (κ3) is 5.47. The second kappa shape index (κ2) is 10.3. The number of hydrogen-bond acceptors (Lipinski definition) is 6. The normalized spacial score (nSPS) is 11.8. The number of para-hydroxylation sites is 1. The van der Waals surface area contributed by atoms with E-state index in [2.05, 4.69) is 22.4 Å². The van der Waals surface area contributed by atoms with Gasteiger partial charge in [-0.25, -0.2) is 0 Å². The maximum absolute atomic E-state index is 12.4. The minimum Gasteiger partial charge on any atom is -0.483 e. The Morgan fingerprint density at radius 2 is 1.91 bits per heavy atom. The van der Waals surface area contributed by atoms with Crippen molar-refractivity contribution in [1.29, 1.82) is 0 Å². The second-order valence-corrected chi connectivity index (χ2v) is 8.28. The summed E-state index contributed by atoms with van der Waals surface area (Å²) in [6.07, 6.45) is -0.310. The number of ether oxygens (including phenoxy) is 1. The molecule has 0 aliphatic carbocycles. The zero-order valence-electron chi connectivity index (χ0n) is 18.6. The zero-order chi connectivity index (χ0) is 23.3. The van der Waals surface area contributed by atoms with E-state index in [1.54, 1.807) is 24.3 Å². The Morgan fingerprint density at radius 3 is 2.59 bits per heavy atom. The molecule has 2 amide bonds. The quantitative estimate of drug-likeness (QED) is 0.476. The van der Waals surface area contributed by atoms with Crippen molar-refractivity contribution in [2.24, 2.45) is 5.73 Å². The first-order chi connectivity index (χ1) is 15.3. The summed E-state index contributed by atoms with van der Waals surface area (Å²) >= 11 is 1.27. The smallest absolute Gasteiger partial charge is 0.250 e. The molecule has 1 aromatic heterocycles. The van der Waals surface area contributed by atoms with Crippen molar-refractivity contribution in [3.8, 4) is 5.75 Å². The SMILES string of the molecule is CCn1c(SCC(=O)Nc2ccccc2C(N)=O)nnc1C(C)Oc1ccc(C)c(C)c1. The van der Waals surface area contributed by atoms with Crippen molar-refractivity contribution in [3.05, 3.63) is 65.0 Å². The molecule has 1 unspecified atom stereocenters. The number of aryl methyl sites for hydroxylation is 2. The lowest BCUT2D eigenvalue weighted by molar-refractivity contribution is -0.113. The van der Waals surface area contributed by atoms with Crippen LogP contribution in [0.15, 0.2) is 47.6 Å². The van der Waals surface area contributed by atoms with Crippen LogP contribution in [-0.2, 0) is 11.3 Å². The van der Waals surface area contributed by atoms with E-state index in [0.717, 1.165) is 11.3 Å². The van der Waals surface area contributed by atoms with Crippen molar-refractivity contribution in [3.63, 3.8) is 0 Å². The van der Waals surface area contributed by atoms with Gasteiger partial charge in [-0.3, -0.25) is 9.59 Å². The van der Waals surface area contributed by atoms with Gasteiger partial charge in [0.15, 0.2) is 17.1 Å². The van der Waals surface area contributed by atoms with Gasteiger partial charge in [0.05, 0.1) is 17.0 Å². The van der Waals surface area contributed by atoms with Crippen LogP contribution in [0.3, 0.4) is 0 Å². The number of primary amides is 1. The molecule has 0 aliphatic rings. The molecule has 3 N–H and O–H groups in total. The predicted octanol–water partition coefficient (Wildman–Crippen LogP) is 3.88. The lowest BCUT2D eigenvalue weighted by Crippen LogP contribution is -2.19. The van der Waals surface area contributed by atoms with Gasteiger partial charge in [0, 0.05) is 6.54 Å². The molecular weight excluding hydrogens is 426 g/mol. The van der Waals surface area contributed by atoms with E-state index in [0.29, 0.717) is 23.2 Å². The highest BCUT2D eigenvalue weighted by atomic mass is 32.2. The van der Waals surface area contributed by atoms with Crippen LogP contribution in [0.2, 0.25) is 0 Å². The van der Waals surface area contributed by atoms with Gasteiger partial charge in [-0.2, -0.15) is 0 Å². The molecule has 2 aromatic carbocycles. The maximum atomic E-state index is 12.4. The van der Waals surface area contributed by atoms with E-state index in [9.17, 15) is 9.59 Å². The summed E-state index contributed by atoms with van der Waals surface area (Å²) in [7, 11) is 0. The van der Waals surface area contributed by atoms with Crippen LogP contribution in [0.1, 0.15) is 47.3 Å². The van der Waals surface area contributed by atoms with Gasteiger partial charge in [-0.05, 0) is 63.1 Å². The molecule has 0 saturated carbocycles. The van der Waals surface area contributed by atoms with Gasteiger partial charge in [0.1, 0.15) is 5.75 Å². The minimum absolute atomic E-state index is 0.109. The van der Waals surface area contributed by atoms with Crippen LogP contribution in [0.5, 0.6) is 5.75 Å². The number of aromatic nitrogens is 3. The fourth-order valence-corrected chi connectivity index (χ4v) is 3.98. The van der Waals surface area contributed by atoms with Crippen LogP contribution in [0.4, 0.5) is 5.69 Å². The molecule has 168 valence electrons. The molecule has 0 aliphatic heterocycles. The second-order valence-electron chi connectivity index (χ2n) is 7.34. The van der Waals surface area contributed by atoms with Crippen molar-refractivity contribution in [2.45, 2.75) is 45.5 Å². The topological polar surface area (TPSA) is 112 Å². The van der Waals surface area contributed by atoms with E-state index in [1.807, 2.05) is 43.5 Å². The molecule has 32 heavy (non-hydrogen) atoms. The largest absolute Gasteiger partial charge is 0.483 e. The first-order valence-corrected chi connectivity index (χ1v) is 11.3. The number of hydrogen-bond donors (Lipinski definition) is 2. The Balaban J connectivity index is 1.66. The number of nitrogens with two attached hydrogens (primary N) is 1. The summed E-state index contributed by atoms with van der Waals surface area (Å²) in [6.45, 7) is 8.65. The number of nitrogens with one attached hydrogen (secondary N) is 1. The van der Waals surface area contributed by atoms with Gasteiger partial charge >= 0.3 is 0 Å². The van der Waals surface area contributed by atoms with Crippen LogP contribution in [0.25, 0.3) is 0 Å². The highest BCUT2D eigenvalue weighted by Crippen LogP contribution is 2.26. The van der Waals surface area contributed by atoms with Crippen LogP contribution >= 0.6 is 11.8 Å². The van der Waals surface area contributed by atoms with Crippen LogP contribution in [0, 0.1) is 13.8 Å². The number of anilines is 1. The van der Waals surface area contributed by atoms with Gasteiger partial charge < -0.3 is 20.4 Å². The Labute approximate surface area is 191 Å². The van der Waals surface area contributed by atoms with E-state index < -0.39 is 5.91 Å². The van der Waals surface area contributed by atoms with Gasteiger partial charge in [0.25, 0.3) is 5.91 Å². The van der Waals surface area contributed by atoms with Crippen molar-refractivity contribution < 1.29 is 14.3 Å². The number of nitrogens with zero attached hydrogens (tertiary/aromatic N) is 3. The molecule has 0 bridgehead atoms. The monoisotopic (exact) mass is 453 g/mol. The molecule has 3 rings (SSSR count). The van der Waals surface area contributed by atoms with Crippen molar-refractivity contribution in [2.75, 3.05) is 11.1 Å². The fraction of sp³-hybridized carbons (Fsp3) is 0.304. The molecule has 8 nitrogen and oxygen atoms in total. The van der Waals surface area contributed by atoms with Gasteiger partial charge in [-0.15, -0.1) is 10.2 Å². The van der Waals surface area contributed by atoms with E-state index in [-0.39, 0.29) is 23.3 Å². The number of amides is 2. The molecule has 0 spiro atoms. The predicted molar refractivity (Wildman–Crippen MR) is 125 cm³/mol. The van der Waals surface area contributed by atoms with Crippen molar-refractivity contribution >= 4 is 29.3 Å². The summed E-state index contributed by atoms with van der Waals surface area (Å²) < 4.78 is 8.01. The summed E-state index contributed by atoms with van der Waals surface area (Å²) in [6, 6.07) is 12.6. The first kappa shape index (κ1) is 23.3. The molecule has 9 heteroatoms. The average molecular weight is 454 g/mol. The van der Waals surface area contributed by atoms with E-state index in [4.69, 9.17) is 10.5 Å². The third-order valence-corrected chi connectivity index (χ3v) is 5.98. The molecule has 1 atom stereocenters. The Morgan fingerprint density at radius 1 is 1.16 bits per heavy atom. The van der Waals surface area contributed by atoms with Crippen LogP contribution < -0.4 is 15.8 Å². The minimum atomic E-state index is -0.596. The average Bonchev–Trinajstić information content (AvgIpc) is 3.18. The number of rotatable bonds is 9. The summed E-state index contributed by atoms with van der Waals surface area (Å²) in [5, 5.41) is 11.9. The van der Waals surface area contributed by atoms with E-state index >= 15 is 0 Å². The van der Waals surface area contributed by atoms with Gasteiger partial charge in [0.2, 0.25) is 5.91 Å². The molecule has 0 fully saturated rings. The van der Waals surface area contributed by atoms with Crippen molar-refractivity contribution in [1.82, 2.24) is 14.8 Å². The molecular formula is C23H27N5O3S. The fourth-order valence-electron chi connectivity index (χ4n) is 3.17. The highest BCUT2D eigenvalue weighted by molar-refractivity contribution is 7.99. The Kier molecular flexibility index (Phi) is 7.53. The summed E-state index contributed by atoms with van der Waals surface area (Å²) in [5.41, 5.74) is 8.38. The standard InChI is InChI=1S/C23H27N5O3S/c1-5-28-22(16(4)31-17-11-10-14(2)15(3)12-17)26-27-23(28)32-13-20(29)25-19-9-7-6-8-18(19)21(24)30/h6-12,16H,5,13H2,1-4H3,(H2,24,30)(H,25,29). The van der Waals surface area contributed by atoms with Gasteiger partial charge in [-0.1, -0.05) is 30.0 Å². The summed E-state index contributed by atoms with van der Waals surface area (Å²) in [4.78, 5) is 24.0. The zero-order valence-corrected chi connectivity index (χ0v) is 19.4. The number of thioether (sulfide) groups is 1. The molecule has 0 saturated heterocycles. The number of carbonyl (C=O) groups excluding carboxylic acids is 2. The maximum Gasteiger partial charge on any atom is 0.250 e.